The van der Waals surface area contributed by atoms with E-state index in [4.69, 9.17) is 11.6 Å². The minimum absolute atomic E-state index is 0.0205. The zero-order chi connectivity index (χ0) is 30.5. The lowest BCUT2D eigenvalue weighted by Crippen LogP contribution is -2.29. The molecule has 2 aromatic carbocycles. The number of hydrogen-bond acceptors (Lipinski definition) is 8. The number of halogens is 1. The van der Waals surface area contributed by atoms with E-state index >= 15 is 0 Å². The van der Waals surface area contributed by atoms with Gasteiger partial charge in [0, 0.05) is 17.0 Å². The molecule has 0 saturated carbocycles. The Morgan fingerprint density at radius 2 is 1.74 bits per heavy atom. The molecule has 1 N–H and O–H groups in total. The fourth-order valence-electron chi connectivity index (χ4n) is 5.12. The normalized spacial score (nSPS) is 16.9. The smallest absolute Gasteiger partial charge is 0.301 e. The van der Waals surface area contributed by atoms with E-state index in [0.717, 1.165) is 11.1 Å². The number of benzene rings is 2. The third-order valence-electron chi connectivity index (χ3n) is 7.34. The van der Waals surface area contributed by atoms with Crippen molar-refractivity contribution in [2.45, 2.75) is 49.2 Å². The molecule has 1 saturated heterocycles. The highest BCUT2D eigenvalue weighted by Crippen LogP contribution is 2.44. The average molecular weight is 630 g/mol. The van der Waals surface area contributed by atoms with Crippen molar-refractivity contribution in [2.75, 3.05) is 4.90 Å². The first-order valence-corrected chi connectivity index (χ1v) is 15.8. The average Bonchev–Trinajstić information content (AvgIpc) is 3.65. The lowest BCUT2D eigenvalue weighted by molar-refractivity contribution is -0.132. The van der Waals surface area contributed by atoms with Gasteiger partial charge in [-0.15, -0.1) is 10.2 Å². The first-order chi connectivity index (χ1) is 20.5. The van der Waals surface area contributed by atoms with Crippen molar-refractivity contribution >= 4 is 62.9 Å². The van der Waals surface area contributed by atoms with Crippen LogP contribution in [0.15, 0.2) is 82.8 Å². The van der Waals surface area contributed by atoms with Gasteiger partial charge >= 0.3 is 5.91 Å². The second kappa shape index (κ2) is 11.3. The van der Waals surface area contributed by atoms with Gasteiger partial charge in [0.25, 0.3) is 5.78 Å². The molecule has 218 valence electrons. The van der Waals surface area contributed by atoms with Crippen molar-refractivity contribution in [1.29, 1.82) is 0 Å². The van der Waals surface area contributed by atoms with Crippen LogP contribution in [0.5, 0.6) is 0 Å². The number of Topliss-reactive ketones (excluding diaryl/α,β-unsaturated/α-hetero) is 1. The van der Waals surface area contributed by atoms with Crippen LogP contribution in [0.1, 0.15) is 54.9 Å². The summed E-state index contributed by atoms with van der Waals surface area (Å²) in [5.74, 6) is -1.22. The van der Waals surface area contributed by atoms with E-state index in [1.165, 1.54) is 28.0 Å². The largest absolute Gasteiger partial charge is 0.505 e. The van der Waals surface area contributed by atoms with Crippen LogP contribution in [-0.4, -0.2) is 36.4 Å². The molecule has 11 heteroatoms. The molecule has 1 fully saturated rings. The van der Waals surface area contributed by atoms with Crippen molar-refractivity contribution in [2.24, 2.45) is 0 Å². The maximum Gasteiger partial charge on any atom is 0.301 e. The Hall–Kier alpha value is -3.99. The number of anilines is 1. The quantitative estimate of drug-likeness (QED) is 0.0688. The first-order valence-electron chi connectivity index (χ1n) is 13.6. The Labute approximate surface area is 262 Å². The predicted octanol–water partition coefficient (Wildman–Crippen LogP) is 7.36. The lowest BCUT2D eigenvalue weighted by atomic mass is 9.85. The van der Waals surface area contributed by atoms with Crippen molar-refractivity contribution in [1.82, 2.24) is 19.6 Å². The summed E-state index contributed by atoms with van der Waals surface area (Å²) in [5, 5.41) is 21.3. The number of carbonyl (C=O) groups is 2. The molecule has 6 rings (SSSR count). The SMILES string of the molecule is Cc1nc2ccccn2c1/C(O)=C1\C(=O)C(=O)N(c2nnc(SCc3ccc(Cl)cc3)s2)C1c1ccc(C(C)(C)C)cc1. The summed E-state index contributed by atoms with van der Waals surface area (Å²) < 4.78 is 2.36. The number of hydrogen-bond donors (Lipinski definition) is 1. The molecule has 1 atom stereocenters. The molecule has 8 nitrogen and oxygen atoms in total. The molecule has 1 amide bonds. The van der Waals surface area contributed by atoms with Crippen molar-refractivity contribution in [3.8, 4) is 0 Å². The van der Waals surface area contributed by atoms with E-state index in [-0.39, 0.29) is 21.9 Å². The summed E-state index contributed by atoms with van der Waals surface area (Å²) in [6, 6.07) is 19.9. The maximum absolute atomic E-state index is 13.7. The Morgan fingerprint density at radius 3 is 2.44 bits per heavy atom. The Kier molecular flexibility index (Phi) is 7.62. The minimum atomic E-state index is -0.912. The number of aryl methyl sites for hydroxylation is 1. The minimum Gasteiger partial charge on any atom is -0.505 e. The highest BCUT2D eigenvalue weighted by molar-refractivity contribution is 8.00. The van der Waals surface area contributed by atoms with Crippen molar-refractivity contribution in [3.05, 3.63) is 112 Å². The van der Waals surface area contributed by atoms with E-state index in [9.17, 15) is 14.7 Å². The van der Waals surface area contributed by atoms with Gasteiger partial charge in [-0.3, -0.25) is 18.9 Å². The van der Waals surface area contributed by atoms with Gasteiger partial charge in [0.15, 0.2) is 10.1 Å². The van der Waals surface area contributed by atoms with Crippen molar-refractivity contribution in [3.63, 3.8) is 0 Å². The highest BCUT2D eigenvalue weighted by Gasteiger charge is 2.49. The summed E-state index contributed by atoms with van der Waals surface area (Å²) in [6.45, 7) is 8.12. The van der Waals surface area contributed by atoms with Crippen LogP contribution >= 0.6 is 34.7 Å². The van der Waals surface area contributed by atoms with E-state index in [2.05, 4.69) is 36.0 Å². The van der Waals surface area contributed by atoms with E-state index in [0.29, 0.717) is 37.7 Å². The van der Waals surface area contributed by atoms with Crippen LogP contribution < -0.4 is 4.90 Å². The highest BCUT2D eigenvalue weighted by atomic mass is 35.5. The second-order valence-corrected chi connectivity index (χ2v) is 13.9. The summed E-state index contributed by atoms with van der Waals surface area (Å²) >= 11 is 8.71. The van der Waals surface area contributed by atoms with Crippen LogP contribution in [0.4, 0.5) is 5.13 Å². The van der Waals surface area contributed by atoms with Gasteiger partial charge in [0.2, 0.25) is 5.13 Å². The molecule has 0 aliphatic carbocycles. The molecule has 0 radical (unpaired) electrons. The molecule has 3 aromatic heterocycles. The molecule has 5 aromatic rings. The number of aromatic nitrogens is 4. The van der Waals surface area contributed by atoms with Gasteiger partial charge in [-0.1, -0.05) is 97.9 Å². The van der Waals surface area contributed by atoms with Crippen molar-refractivity contribution < 1.29 is 14.7 Å². The Balaban J connectivity index is 1.44. The number of pyridine rings is 1. The monoisotopic (exact) mass is 629 g/mol. The second-order valence-electron chi connectivity index (χ2n) is 11.3. The van der Waals surface area contributed by atoms with Gasteiger partial charge in [-0.2, -0.15) is 0 Å². The molecule has 0 bridgehead atoms. The maximum atomic E-state index is 13.7. The summed E-state index contributed by atoms with van der Waals surface area (Å²) in [4.78, 5) is 33.3. The number of thioether (sulfide) groups is 1. The molecule has 0 spiro atoms. The summed E-state index contributed by atoms with van der Waals surface area (Å²) in [7, 11) is 0. The molecule has 43 heavy (non-hydrogen) atoms. The van der Waals surface area contributed by atoms with Gasteiger partial charge < -0.3 is 5.11 Å². The molecular weight excluding hydrogens is 602 g/mol. The van der Waals surface area contributed by atoms with Gasteiger partial charge in [-0.25, -0.2) is 4.98 Å². The van der Waals surface area contributed by atoms with E-state index in [1.807, 2.05) is 66.7 Å². The lowest BCUT2D eigenvalue weighted by Gasteiger charge is -2.24. The number of aliphatic hydroxyl groups excluding tert-OH is 1. The predicted molar refractivity (Wildman–Crippen MR) is 171 cm³/mol. The number of carbonyl (C=O) groups excluding carboxylic acids is 2. The molecule has 4 heterocycles. The Bertz CT molecular complexity index is 1890. The van der Waals surface area contributed by atoms with Gasteiger partial charge in [0.05, 0.1) is 17.3 Å². The molecule has 1 aliphatic heterocycles. The standard InChI is InChI=1S/C32H28ClN5O3S2/c1-18-25(37-16-6-5-7-23(37)34-18)27(39)24-26(20-10-12-21(13-11-20)32(2,3)4)38(29(41)28(24)40)30-35-36-31(43-30)42-17-19-8-14-22(33)15-9-19/h5-16,26,39H,17H2,1-4H3/b27-24+. The first kappa shape index (κ1) is 29.1. The number of aliphatic hydroxyl groups is 1. The van der Waals surface area contributed by atoms with E-state index in [1.54, 1.807) is 17.5 Å². The third-order valence-corrected chi connectivity index (χ3v) is 9.72. The van der Waals surface area contributed by atoms with Crippen LogP contribution in [0, 0.1) is 6.92 Å². The van der Waals surface area contributed by atoms with Crippen LogP contribution in [0.25, 0.3) is 11.4 Å². The Morgan fingerprint density at radius 1 is 1.02 bits per heavy atom. The number of rotatable bonds is 6. The third kappa shape index (κ3) is 5.46. The zero-order valence-electron chi connectivity index (χ0n) is 23.9. The summed E-state index contributed by atoms with van der Waals surface area (Å²) in [5.41, 5.74) is 4.24. The number of imidazole rings is 1. The zero-order valence-corrected chi connectivity index (χ0v) is 26.3. The fourth-order valence-corrected chi connectivity index (χ4v) is 7.07. The van der Waals surface area contributed by atoms with Gasteiger partial charge in [-0.05, 0) is 53.3 Å². The fraction of sp³-hybridized carbons (Fsp3) is 0.219. The van der Waals surface area contributed by atoms with Crippen LogP contribution in [0.3, 0.4) is 0 Å². The topological polar surface area (TPSA) is 101 Å². The van der Waals surface area contributed by atoms with Crippen LogP contribution in [0.2, 0.25) is 5.02 Å². The number of ketones is 1. The molecular formula is C32H28ClN5O3S2. The van der Waals surface area contributed by atoms with E-state index < -0.39 is 17.7 Å². The number of amides is 1. The summed E-state index contributed by atoms with van der Waals surface area (Å²) in [6.07, 6.45) is 1.77. The van der Waals surface area contributed by atoms with Crippen LogP contribution in [-0.2, 0) is 20.8 Å². The molecule has 1 unspecified atom stereocenters. The number of nitrogens with zero attached hydrogens (tertiary/aromatic N) is 5. The molecule has 1 aliphatic rings. The van der Waals surface area contributed by atoms with Gasteiger partial charge in [0.1, 0.15) is 11.3 Å². The number of fused-ring (bicyclic) bond motifs is 1.